The van der Waals surface area contributed by atoms with Crippen molar-refractivity contribution in [1.29, 1.82) is 0 Å². The van der Waals surface area contributed by atoms with Gasteiger partial charge < -0.3 is 14.8 Å². The van der Waals surface area contributed by atoms with Crippen molar-refractivity contribution >= 4 is 34.6 Å². The molecule has 2 N–H and O–H groups in total. The number of carbonyl (C=O) groups is 1. The van der Waals surface area contributed by atoms with Crippen molar-refractivity contribution in [3.63, 3.8) is 0 Å². The number of nitro groups is 1. The van der Waals surface area contributed by atoms with Crippen LogP contribution in [0.3, 0.4) is 0 Å². The van der Waals surface area contributed by atoms with Crippen molar-refractivity contribution < 1.29 is 19.2 Å². The molecule has 0 spiro atoms. The molecule has 0 aromatic heterocycles. The molecule has 0 fully saturated rings. The van der Waals surface area contributed by atoms with Gasteiger partial charge in [-0.05, 0) is 55.9 Å². The van der Waals surface area contributed by atoms with Gasteiger partial charge in [0.2, 0.25) is 0 Å². The molecule has 0 saturated heterocycles. The van der Waals surface area contributed by atoms with E-state index in [1.54, 1.807) is 37.3 Å². The van der Waals surface area contributed by atoms with Gasteiger partial charge in [0.05, 0.1) is 11.5 Å². The summed E-state index contributed by atoms with van der Waals surface area (Å²) >= 11 is 5.16. The third-order valence-corrected chi connectivity index (χ3v) is 3.90. The van der Waals surface area contributed by atoms with Crippen molar-refractivity contribution in [2.24, 2.45) is 0 Å². The van der Waals surface area contributed by atoms with Gasteiger partial charge in [0.25, 0.3) is 11.6 Å². The van der Waals surface area contributed by atoms with Crippen LogP contribution in [-0.4, -0.2) is 35.8 Å². The maximum absolute atomic E-state index is 12.4. The molecule has 0 saturated carbocycles. The van der Waals surface area contributed by atoms with Gasteiger partial charge in [-0.3, -0.25) is 20.2 Å². The molecule has 2 aromatic carbocycles. The van der Waals surface area contributed by atoms with Crippen molar-refractivity contribution in [2.45, 2.75) is 13.8 Å². The number of thiocarbonyl (C=S) groups is 1. The summed E-state index contributed by atoms with van der Waals surface area (Å²) in [5.74, 6) is 0.157. The minimum atomic E-state index is -0.472. The first-order valence-electron chi connectivity index (χ1n) is 8.58. The third kappa shape index (κ3) is 6.29. The Morgan fingerprint density at radius 2 is 2.00 bits per heavy atom. The summed E-state index contributed by atoms with van der Waals surface area (Å²) < 4.78 is 10.7. The van der Waals surface area contributed by atoms with E-state index in [9.17, 15) is 14.9 Å². The molecule has 0 radical (unpaired) electrons. The third-order valence-electron chi connectivity index (χ3n) is 3.69. The highest BCUT2D eigenvalue weighted by atomic mass is 32.1. The lowest BCUT2D eigenvalue weighted by Crippen LogP contribution is -2.34. The Morgan fingerprint density at radius 3 is 2.68 bits per heavy atom. The first-order chi connectivity index (χ1) is 13.4. The Hall–Kier alpha value is -3.04. The van der Waals surface area contributed by atoms with E-state index in [0.717, 1.165) is 0 Å². The molecule has 2 aromatic rings. The monoisotopic (exact) mass is 403 g/mol. The van der Waals surface area contributed by atoms with E-state index in [0.29, 0.717) is 42.4 Å². The molecule has 0 heterocycles. The standard InChI is InChI=1S/C19H21N3O5S/c1-3-26-9-10-27-16-6-4-5-14(12-16)18(23)21-19(28)20-17-8-7-15(22(24)25)11-13(17)2/h4-8,11-12H,3,9-10H2,1-2H3,(H2,20,21,23,28). The van der Waals surface area contributed by atoms with E-state index < -0.39 is 10.8 Å². The number of aryl methyl sites for hydroxylation is 1. The van der Waals surface area contributed by atoms with E-state index in [-0.39, 0.29) is 10.8 Å². The predicted octanol–water partition coefficient (Wildman–Crippen LogP) is 3.45. The maximum atomic E-state index is 12.4. The molecule has 28 heavy (non-hydrogen) atoms. The van der Waals surface area contributed by atoms with Gasteiger partial charge >= 0.3 is 0 Å². The summed E-state index contributed by atoms with van der Waals surface area (Å²) in [5, 5.41) is 16.3. The molecule has 0 aliphatic carbocycles. The Labute approximate surface area is 168 Å². The summed E-state index contributed by atoms with van der Waals surface area (Å²) in [7, 11) is 0. The van der Waals surface area contributed by atoms with Crippen LogP contribution in [0.5, 0.6) is 5.75 Å². The number of ether oxygens (including phenoxy) is 2. The normalized spacial score (nSPS) is 10.2. The number of hydrogen-bond donors (Lipinski definition) is 2. The van der Waals surface area contributed by atoms with E-state index in [1.807, 2.05) is 6.92 Å². The number of hydrogen-bond acceptors (Lipinski definition) is 6. The van der Waals surface area contributed by atoms with Crippen LogP contribution in [0.15, 0.2) is 42.5 Å². The summed E-state index contributed by atoms with van der Waals surface area (Å²) in [5.41, 5.74) is 1.58. The van der Waals surface area contributed by atoms with Gasteiger partial charge in [-0.1, -0.05) is 6.07 Å². The first-order valence-corrected chi connectivity index (χ1v) is 8.99. The average Bonchev–Trinajstić information content (AvgIpc) is 2.67. The Bertz CT molecular complexity index is 872. The van der Waals surface area contributed by atoms with Crippen LogP contribution in [0, 0.1) is 17.0 Å². The highest BCUT2D eigenvalue weighted by Gasteiger charge is 2.12. The fourth-order valence-corrected chi connectivity index (χ4v) is 2.52. The van der Waals surface area contributed by atoms with Crippen LogP contribution in [-0.2, 0) is 4.74 Å². The van der Waals surface area contributed by atoms with Crippen LogP contribution < -0.4 is 15.4 Å². The van der Waals surface area contributed by atoms with E-state index in [2.05, 4.69) is 10.6 Å². The molecule has 148 valence electrons. The molecule has 0 bridgehead atoms. The second-order valence-corrected chi connectivity index (χ2v) is 6.15. The van der Waals surface area contributed by atoms with Gasteiger partial charge in [-0.25, -0.2) is 0 Å². The van der Waals surface area contributed by atoms with Gasteiger partial charge in [0.1, 0.15) is 12.4 Å². The Balaban J connectivity index is 1.95. The fourth-order valence-electron chi connectivity index (χ4n) is 2.32. The molecule has 0 aliphatic rings. The van der Waals surface area contributed by atoms with Crippen molar-refractivity contribution in [1.82, 2.24) is 5.32 Å². The number of nitro benzene ring substituents is 1. The molecule has 1 amide bonds. The lowest BCUT2D eigenvalue weighted by molar-refractivity contribution is -0.384. The van der Waals surface area contributed by atoms with E-state index in [4.69, 9.17) is 21.7 Å². The topological polar surface area (TPSA) is 103 Å². The number of nitrogens with one attached hydrogen (secondary N) is 2. The smallest absolute Gasteiger partial charge is 0.269 e. The minimum absolute atomic E-state index is 0.0147. The van der Waals surface area contributed by atoms with Gasteiger partial charge in [-0.15, -0.1) is 0 Å². The van der Waals surface area contributed by atoms with E-state index >= 15 is 0 Å². The number of anilines is 1. The number of benzene rings is 2. The number of amides is 1. The summed E-state index contributed by atoms with van der Waals surface area (Å²) in [6.07, 6.45) is 0. The van der Waals surface area contributed by atoms with Gasteiger partial charge in [-0.2, -0.15) is 0 Å². The molecule has 0 unspecified atom stereocenters. The zero-order valence-corrected chi connectivity index (χ0v) is 16.4. The van der Waals surface area contributed by atoms with Crippen LogP contribution in [0.2, 0.25) is 0 Å². The van der Waals surface area contributed by atoms with Gasteiger partial charge in [0, 0.05) is 30.0 Å². The summed E-state index contributed by atoms with van der Waals surface area (Å²) in [6.45, 7) is 5.08. The largest absolute Gasteiger partial charge is 0.491 e. The van der Waals surface area contributed by atoms with Crippen LogP contribution >= 0.6 is 12.2 Å². The quantitative estimate of drug-likeness (QED) is 0.301. The van der Waals surface area contributed by atoms with Gasteiger partial charge in [0.15, 0.2) is 5.11 Å². The first kappa shape index (κ1) is 21.3. The number of carbonyl (C=O) groups excluding carboxylic acids is 1. The lowest BCUT2D eigenvalue weighted by atomic mass is 10.2. The molecule has 8 nitrogen and oxygen atoms in total. The zero-order valence-electron chi connectivity index (χ0n) is 15.6. The fraction of sp³-hybridized carbons (Fsp3) is 0.263. The molecule has 0 atom stereocenters. The number of rotatable bonds is 8. The molecular weight excluding hydrogens is 382 g/mol. The highest BCUT2D eigenvalue weighted by Crippen LogP contribution is 2.21. The highest BCUT2D eigenvalue weighted by molar-refractivity contribution is 7.80. The molecule has 2 rings (SSSR count). The predicted molar refractivity (Wildman–Crippen MR) is 110 cm³/mol. The number of non-ortho nitro benzene ring substituents is 1. The summed E-state index contributed by atoms with van der Waals surface area (Å²) in [6, 6.07) is 11.0. The molecule has 0 aliphatic heterocycles. The number of nitrogens with zero attached hydrogens (tertiary/aromatic N) is 1. The average molecular weight is 403 g/mol. The van der Waals surface area contributed by atoms with Crippen LogP contribution in [0.25, 0.3) is 0 Å². The van der Waals surface area contributed by atoms with Crippen LogP contribution in [0.4, 0.5) is 11.4 Å². The second-order valence-electron chi connectivity index (χ2n) is 5.74. The zero-order chi connectivity index (χ0) is 20.5. The maximum Gasteiger partial charge on any atom is 0.269 e. The van der Waals surface area contributed by atoms with E-state index in [1.165, 1.54) is 12.1 Å². The lowest BCUT2D eigenvalue weighted by Gasteiger charge is -2.12. The van der Waals surface area contributed by atoms with Crippen molar-refractivity contribution in [3.05, 3.63) is 63.7 Å². The minimum Gasteiger partial charge on any atom is -0.491 e. The van der Waals surface area contributed by atoms with Crippen molar-refractivity contribution in [2.75, 3.05) is 25.1 Å². The van der Waals surface area contributed by atoms with Crippen LogP contribution in [0.1, 0.15) is 22.8 Å². The summed E-state index contributed by atoms with van der Waals surface area (Å²) in [4.78, 5) is 22.7. The SMILES string of the molecule is CCOCCOc1cccc(C(=O)NC(=S)Nc2ccc([N+](=O)[O-])cc2C)c1. The molecule has 9 heteroatoms. The second kappa shape index (κ2) is 10.3. The Morgan fingerprint density at radius 1 is 1.21 bits per heavy atom. The molecular formula is C19H21N3O5S. The Kier molecular flexibility index (Phi) is 7.85. The van der Waals surface area contributed by atoms with Crippen molar-refractivity contribution in [3.8, 4) is 5.75 Å².